The van der Waals surface area contributed by atoms with Crippen LogP contribution in [0.15, 0.2) is 54.6 Å². The second-order valence-corrected chi connectivity index (χ2v) is 8.81. The average molecular weight is 386 g/mol. The van der Waals surface area contributed by atoms with Crippen molar-refractivity contribution in [2.45, 2.75) is 49.5 Å². The van der Waals surface area contributed by atoms with Gasteiger partial charge in [-0.25, -0.2) is 0 Å². The topological polar surface area (TPSA) is 66.5 Å². The van der Waals surface area contributed by atoms with Crippen LogP contribution in [0.3, 0.4) is 0 Å². The molecule has 4 N–H and O–H groups in total. The molecule has 0 aliphatic heterocycles. The van der Waals surface area contributed by atoms with Gasteiger partial charge in [0.25, 0.3) is 0 Å². The lowest BCUT2D eigenvalue weighted by Crippen LogP contribution is -2.38. The van der Waals surface area contributed by atoms with E-state index in [1.165, 1.54) is 43.2 Å². The summed E-state index contributed by atoms with van der Waals surface area (Å²) in [7, 11) is 0. The van der Waals surface area contributed by atoms with E-state index in [2.05, 4.69) is 42.5 Å². The Morgan fingerprint density at radius 1 is 0.926 bits per heavy atom. The van der Waals surface area contributed by atoms with Crippen LogP contribution in [0.25, 0.3) is 0 Å². The summed E-state index contributed by atoms with van der Waals surface area (Å²) in [5.41, 5.74) is 9.62. The summed E-state index contributed by atoms with van der Waals surface area (Å²) in [5, 5.41) is 18.9. The van der Waals surface area contributed by atoms with E-state index in [4.69, 9.17) is 5.73 Å². The lowest BCUT2D eigenvalue weighted by molar-refractivity contribution is 0.274. The number of thioether (sulfide) groups is 1. The Kier molecular flexibility index (Phi) is 7.36. The van der Waals surface area contributed by atoms with E-state index in [1.807, 2.05) is 23.9 Å². The van der Waals surface area contributed by atoms with Gasteiger partial charge in [0.2, 0.25) is 0 Å². The van der Waals surface area contributed by atoms with Crippen LogP contribution in [0.5, 0.6) is 0 Å². The van der Waals surface area contributed by atoms with Crippen LogP contribution in [0, 0.1) is 5.92 Å². The van der Waals surface area contributed by atoms with Gasteiger partial charge in [0, 0.05) is 11.8 Å². The molecule has 3 rings (SSSR count). The molecule has 3 nitrogen and oxygen atoms in total. The third kappa shape index (κ3) is 4.57. The summed E-state index contributed by atoms with van der Waals surface area (Å²) in [6.07, 6.45) is 6.25. The van der Waals surface area contributed by atoms with Gasteiger partial charge in [-0.15, -0.1) is 11.8 Å². The van der Waals surface area contributed by atoms with Gasteiger partial charge in [0.05, 0.1) is 18.0 Å². The van der Waals surface area contributed by atoms with Crippen LogP contribution in [-0.4, -0.2) is 28.6 Å². The van der Waals surface area contributed by atoms with Crippen molar-refractivity contribution in [3.05, 3.63) is 71.3 Å². The minimum atomic E-state index is -0.224. The molecule has 2 atom stereocenters. The Labute approximate surface area is 167 Å². The van der Waals surface area contributed by atoms with Crippen LogP contribution in [0.1, 0.15) is 48.8 Å². The minimum absolute atomic E-state index is 0.00594. The molecule has 146 valence electrons. The molecule has 1 aliphatic rings. The first-order valence-electron chi connectivity index (χ1n) is 9.97. The highest BCUT2D eigenvalue weighted by atomic mass is 32.2. The molecule has 2 aromatic rings. The Hall–Kier alpha value is -1.33. The zero-order valence-corrected chi connectivity index (χ0v) is 16.7. The fraction of sp³-hybridized carbons (Fsp3) is 0.478. The van der Waals surface area contributed by atoms with Gasteiger partial charge < -0.3 is 15.9 Å². The van der Waals surface area contributed by atoms with Crippen molar-refractivity contribution < 1.29 is 10.2 Å². The van der Waals surface area contributed by atoms with E-state index in [0.29, 0.717) is 11.7 Å². The Morgan fingerprint density at radius 3 is 2.15 bits per heavy atom. The predicted octanol–water partition coefficient (Wildman–Crippen LogP) is 4.06. The highest BCUT2D eigenvalue weighted by molar-refractivity contribution is 8.00. The quantitative estimate of drug-likeness (QED) is 0.641. The average Bonchev–Trinajstić information content (AvgIpc) is 2.76. The fourth-order valence-corrected chi connectivity index (χ4v) is 5.93. The number of benzene rings is 2. The molecule has 4 heteroatoms. The zero-order valence-electron chi connectivity index (χ0n) is 15.9. The molecule has 0 saturated heterocycles. The third-order valence-electron chi connectivity index (χ3n) is 5.71. The van der Waals surface area contributed by atoms with Crippen LogP contribution < -0.4 is 5.73 Å². The standard InChI is InChI=1S/C23H31NO2S/c24-22(16-26)17-27-23(19-7-3-1-4-8-19,20-9-5-2-6-10-20)21-13-11-18(15-25)12-14-21/h1,3-4,7-8,11-14,20,22,25-26H,2,5-6,9-10,15-17,24H2/t22-,23?/m1/s1. The lowest BCUT2D eigenvalue weighted by Gasteiger charge is -2.44. The van der Waals surface area contributed by atoms with Crippen LogP contribution >= 0.6 is 11.8 Å². The Bertz CT molecular complexity index is 685. The molecule has 0 radical (unpaired) electrons. The van der Waals surface area contributed by atoms with E-state index in [9.17, 15) is 10.2 Å². The number of hydrogen-bond acceptors (Lipinski definition) is 4. The molecule has 0 bridgehead atoms. The normalized spacial score (nSPS) is 18.8. The van der Waals surface area contributed by atoms with E-state index in [1.54, 1.807) is 0 Å². The monoisotopic (exact) mass is 385 g/mol. The van der Waals surface area contributed by atoms with Gasteiger partial charge in [0.1, 0.15) is 0 Å². The zero-order chi connectivity index (χ0) is 19.1. The largest absolute Gasteiger partial charge is 0.395 e. The van der Waals surface area contributed by atoms with Crippen molar-refractivity contribution in [1.82, 2.24) is 0 Å². The molecule has 1 fully saturated rings. The van der Waals surface area contributed by atoms with Gasteiger partial charge in [-0.3, -0.25) is 0 Å². The van der Waals surface area contributed by atoms with Gasteiger partial charge in [-0.05, 0) is 35.4 Å². The maximum absolute atomic E-state index is 9.49. The third-order valence-corrected chi connectivity index (χ3v) is 7.56. The molecule has 1 aliphatic carbocycles. The highest BCUT2D eigenvalue weighted by Gasteiger charge is 2.43. The summed E-state index contributed by atoms with van der Waals surface area (Å²) in [5.74, 6) is 1.24. The summed E-state index contributed by atoms with van der Waals surface area (Å²) < 4.78 is -0.178. The Morgan fingerprint density at radius 2 is 1.56 bits per heavy atom. The first kappa shape index (κ1) is 20.4. The van der Waals surface area contributed by atoms with Gasteiger partial charge in [-0.2, -0.15) is 0 Å². The molecule has 0 spiro atoms. The predicted molar refractivity (Wildman–Crippen MR) is 114 cm³/mol. The fourth-order valence-electron chi connectivity index (χ4n) is 4.27. The van der Waals surface area contributed by atoms with E-state index in [0.717, 1.165) is 5.56 Å². The highest BCUT2D eigenvalue weighted by Crippen LogP contribution is 2.53. The maximum atomic E-state index is 9.49. The second-order valence-electron chi connectivity index (χ2n) is 7.55. The van der Waals surface area contributed by atoms with Gasteiger partial charge in [0.15, 0.2) is 0 Å². The molecule has 0 aromatic heterocycles. The van der Waals surface area contributed by atoms with Gasteiger partial charge in [-0.1, -0.05) is 73.9 Å². The van der Waals surface area contributed by atoms with Crippen molar-refractivity contribution in [2.75, 3.05) is 12.4 Å². The molecule has 1 saturated carbocycles. The van der Waals surface area contributed by atoms with E-state index < -0.39 is 0 Å². The SMILES string of the molecule is N[C@H](CO)CSC(c1ccccc1)(c1ccc(CO)cc1)C1CCCCC1. The molecular formula is C23H31NO2S. The number of aliphatic hydroxyl groups excluding tert-OH is 2. The number of hydrogen-bond donors (Lipinski definition) is 3. The Balaban J connectivity index is 2.10. The van der Waals surface area contributed by atoms with Crippen molar-refractivity contribution in [3.63, 3.8) is 0 Å². The molecule has 0 heterocycles. The first-order chi connectivity index (χ1) is 13.2. The number of nitrogens with two attached hydrogens (primary N) is 1. The first-order valence-corrected chi connectivity index (χ1v) is 11.0. The van der Waals surface area contributed by atoms with E-state index in [-0.39, 0.29) is 24.0 Å². The van der Waals surface area contributed by atoms with Crippen molar-refractivity contribution >= 4 is 11.8 Å². The van der Waals surface area contributed by atoms with Gasteiger partial charge >= 0.3 is 0 Å². The minimum Gasteiger partial charge on any atom is -0.395 e. The van der Waals surface area contributed by atoms with Crippen LogP contribution in [0.4, 0.5) is 0 Å². The van der Waals surface area contributed by atoms with Crippen molar-refractivity contribution in [2.24, 2.45) is 11.7 Å². The van der Waals surface area contributed by atoms with Crippen LogP contribution in [0.2, 0.25) is 0 Å². The van der Waals surface area contributed by atoms with Crippen LogP contribution in [-0.2, 0) is 11.4 Å². The smallest absolute Gasteiger partial charge is 0.0685 e. The number of rotatable bonds is 8. The summed E-state index contributed by atoms with van der Waals surface area (Å²) in [6, 6.07) is 18.9. The second kappa shape index (κ2) is 9.74. The maximum Gasteiger partial charge on any atom is 0.0685 e. The summed E-state index contributed by atoms with van der Waals surface area (Å²) in [6.45, 7) is 0.0660. The van der Waals surface area contributed by atoms with E-state index >= 15 is 0 Å². The molecular weight excluding hydrogens is 354 g/mol. The molecule has 0 amide bonds. The van der Waals surface area contributed by atoms with Crippen molar-refractivity contribution in [1.29, 1.82) is 0 Å². The summed E-state index contributed by atoms with van der Waals surface area (Å²) in [4.78, 5) is 0. The number of aliphatic hydroxyl groups is 2. The molecule has 1 unspecified atom stereocenters. The molecule has 2 aromatic carbocycles. The molecule has 27 heavy (non-hydrogen) atoms. The summed E-state index contributed by atoms with van der Waals surface area (Å²) >= 11 is 1.88. The lowest BCUT2D eigenvalue weighted by atomic mass is 9.72. The van der Waals surface area contributed by atoms with Crippen molar-refractivity contribution in [3.8, 4) is 0 Å².